The van der Waals surface area contributed by atoms with Crippen LogP contribution in [-0.2, 0) is 5.41 Å². The van der Waals surface area contributed by atoms with Gasteiger partial charge in [0.15, 0.2) is 0 Å². The van der Waals surface area contributed by atoms with Crippen molar-refractivity contribution in [2.45, 2.75) is 44.9 Å². The number of fused-ring (bicyclic) bond motifs is 16. The number of benzene rings is 9. The topological polar surface area (TPSA) is 8.17 Å². The normalized spacial score (nSPS) is 18.4. The lowest BCUT2D eigenvalue weighted by Gasteiger charge is -2.35. The lowest BCUT2D eigenvalue weighted by Crippen LogP contribution is -2.26. The summed E-state index contributed by atoms with van der Waals surface area (Å²) in [6.45, 7) is 4.80. The molecule has 13 rings (SSSR count). The van der Waals surface area contributed by atoms with Crippen molar-refractivity contribution in [3.8, 4) is 61.3 Å². The van der Waals surface area contributed by atoms with Crippen molar-refractivity contribution in [3.05, 3.63) is 230 Å². The molecule has 0 N–H and O–H groups in total. The minimum atomic E-state index is -0.207. The van der Waals surface area contributed by atoms with Gasteiger partial charge in [-0.2, -0.15) is 0 Å². The Hall–Kier alpha value is -7.68. The van der Waals surface area contributed by atoms with Gasteiger partial charge >= 0.3 is 0 Å². The summed E-state index contributed by atoms with van der Waals surface area (Å²) in [4.78, 5) is 2.54. The zero-order chi connectivity index (χ0) is 44.6. The second-order valence-corrected chi connectivity index (χ2v) is 19.2. The first-order chi connectivity index (χ1) is 33.1. The third-order valence-electron chi connectivity index (χ3n) is 15.5. The number of hydrogen-bond donors (Lipinski definition) is 0. The predicted octanol–water partition coefficient (Wildman–Crippen LogP) is 17.9. The second-order valence-electron chi connectivity index (χ2n) is 19.2. The summed E-state index contributed by atoms with van der Waals surface area (Å²) in [5.74, 6) is 1.24. The highest BCUT2D eigenvalue weighted by Gasteiger charge is 2.42. The molecule has 1 spiro atoms. The smallest absolute Gasteiger partial charge is 0.0561 e. The first-order valence-electron chi connectivity index (χ1n) is 24.3. The molecule has 2 nitrogen and oxygen atoms in total. The molecule has 0 saturated carbocycles. The fourth-order valence-corrected chi connectivity index (χ4v) is 12.3. The van der Waals surface area contributed by atoms with Gasteiger partial charge in [0.25, 0.3) is 0 Å². The van der Waals surface area contributed by atoms with E-state index in [1.54, 1.807) is 0 Å². The van der Waals surface area contributed by atoms with Gasteiger partial charge in [-0.25, -0.2) is 0 Å². The summed E-state index contributed by atoms with van der Waals surface area (Å²) in [6.07, 6.45) is 9.92. The molecule has 3 aliphatic carbocycles. The minimum absolute atomic E-state index is 0.207. The number of allylic oxidation sites excluding steroid dienone is 2. The molecule has 1 aromatic heterocycles. The van der Waals surface area contributed by atoms with Gasteiger partial charge in [0.2, 0.25) is 0 Å². The zero-order valence-electron chi connectivity index (χ0n) is 38.2. The Morgan fingerprint density at radius 2 is 0.970 bits per heavy atom. The Labute approximate surface area is 394 Å². The Bertz CT molecular complexity index is 3580. The van der Waals surface area contributed by atoms with Crippen LogP contribution in [0.2, 0.25) is 0 Å². The quantitative estimate of drug-likeness (QED) is 0.157. The van der Waals surface area contributed by atoms with Crippen molar-refractivity contribution >= 4 is 38.9 Å². The van der Waals surface area contributed by atoms with E-state index < -0.39 is 0 Å². The molecule has 3 aliphatic rings. The first kappa shape index (κ1) is 39.7. The average Bonchev–Trinajstić information content (AvgIpc) is 3.86. The fraction of sp³-hybridized carbons (Fsp3) is 0.138. The van der Waals surface area contributed by atoms with Crippen LogP contribution in [0.15, 0.2) is 218 Å². The van der Waals surface area contributed by atoms with Gasteiger partial charge in [0.1, 0.15) is 0 Å². The summed E-state index contributed by atoms with van der Waals surface area (Å²) < 4.78 is 2.44. The maximum absolute atomic E-state index is 2.60. The van der Waals surface area contributed by atoms with Crippen LogP contribution in [0.3, 0.4) is 0 Å². The summed E-state index contributed by atoms with van der Waals surface area (Å²) in [6, 6.07) is 77.5. The van der Waals surface area contributed by atoms with E-state index in [0.29, 0.717) is 11.8 Å². The van der Waals surface area contributed by atoms with Gasteiger partial charge in [0.05, 0.1) is 11.0 Å². The highest BCUT2D eigenvalue weighted by molar-refractivity contribution is 6.11. The van der Waals surface area contributed by atoms with Crippen molar-refractivity contribution in [1.29, 1.82) is 0 Å². The molecule has 0 aliphatic heterocycles. The Kier molecular flexibility index (Phi) is 9.32. The van der Waals surface area contributed by atoms with Gasteiger partial charge in [-0.15, -0.1) is 0 Å². The van der Waals surface area contributed by atoms with Crippen molar-refractivity contribution < 1.29 is 0 Å². The van der Waals surface area contributed by atoms with Crippen molar-refractivity contribution in [1.82, 2.24) is 4.57 Å². The average molecular weight is 861 g/mol. The van der Waals surface area contributed by atoms with E-state index in [9.17, 15) is 0 Å². The molecule has 67 heavy (non-hydrogen) atoms. The van der Waals surface area contributed by atoms with Crippen LogP contribution >= 0.6 is 0 Å². The molecule has 0 saturated heterocycles. The molecular weight excluding hydrogens is 809 g/mol. The van der Waals surface area contributed by atoms with Crippen LogP contribution < -0.4 is 4.90 Å². The molecule has 322 valence electrons. The van der Waals surface area contributed by atoms with Gasteiger partial charge in [-0.1, -0.05) is 184 Å². The maximum atomic E-state index is 2.60. The number of para-hydroxylation sites is 2. The lowest BCUT2D eigenvalue weighted by atomic mass is 9.70. The highest BCUT2D eigenvalue weighted by Crippen LogP contribution is 2.56. The molecule has 9 aromatic carbocycles. The lowest BCUT2D eigenvalue weighted by molar-refractivity contribution is 0.350. The van der Waals surface area contributed by atoms with E-state index in [4.69, 9.17) is 0 Å². The van der Waals surface area contributed by atoms with Gasteiger partial charge < -0.3 is 9.47 Å². The number of rotatable bonds is 5. The van der Waals surface area contributed by atoms with Gasteiger partial charge in [0, 0.05) is 38.9 Å². The SMILES string of the molecule is CCC1CCC2(/C=C/C(C)C1)c1ccccc1-c1ccc(N(c3ccc4c(c3)-c3ccccc3-c3ccccc3-c3ccccc3-4)c3ccc4c5ccccc5n(-c5ccccc5)c4c3)cc12. The van der Waals surface area contributed by atoms with E-state index in [2.05, 4.69) is 242 Å². The first-order valence-corrected chi connectivity index (χ1v) is 24.3. The third-order valence-corrected chi connectivity index (χ3v) is 15.5. The number of aromatic nitrogens is 1. The third kappa shape index (κ3) is 6.23. The Morgan fingerprint density at radius 3 is 1.66 bits per heavy atom. The molecule has 1 heterocycles. The van der Waals surface area contributed by atoms with Crippen molar-refractivity contribution in [3.63, 3.8) is 0 Å². The molecule has 2 heteroatoms. The summed E-state index contributed by atoms with van der Waals surface area (Å²) in [5, 5.41) is 2.50. The highest BCUT2D eigenvalue weighted by atomic mass is 15.1. The molecule has 0 amide bonds. The number of anilines is 3. The number of hydrogen-bond acceptors (Lipinski definition) is 1. The second kappa shape index (κ2) is 15.7. The van der Waals surface area contributed by atoms with Crippen LogP contribution in [-0.4, -0.2) is 4.57 Å². The van der Waals surface area contributed by atoms with Crippen LogP contribution in [0.25, 0.3) is 83.1 Å². The molecule has 0 fully saturated rings. The Balaban J connectivity index is 1.08. The molecule has 3 atom stereocenters. The maximum Gasteiger partial charge on any atom is 0.0561 e. The van der Waals surface area contributed by atoms with E-state index in [0.717, 1.165) is 29.2 Å². The van der Waals surface area contributed by atoms with Crippen molar-refractivity contribution in [2.24, 2.45) is 11.8 Å². The van der Waals surface area contributed by atoms with E-state index >= 15 is 0 Å². The molecule has 10 aromatic rings. The summed E-state index contributed by atoms with van der Waals surface area (Å²) in [7, 11) is 0. The summed E-state index contributed by atoms with van der Waals surface area (Å²) >= 11 is 0. The van der Waals surface area contributed by atoms with Crippen LogP contribution in [0.4, 0.5) is 17.1 Å². The standard InChI is InChI=1S/C65H52N2/c1-3-44-36-38-65(37-35-43(2)39-44)61-27-15-13-25-56(61)57-33-30-47(41-62(57)65)66(48-31-34-59-58-26-14-16-28-63(58)67(64(59)42-48)45-17-5-4-6-18-45)46-29-32-55-53-23-10-9-21-51(53)49-19-7-8-20-50(49)52-22-11-12-24-54(52)60(55)40-46/h4-35,37,40-44H,3,36,38-39H2,1-2H3/b37-35+,51-49?,52-50?,55-53?,60-54?. The van der Waals surface area contributed by atoms with E-state index in [1.165, 1.54) is 108 Å². The van der Waals surface area contributed by atoms with Crippen LogP contribution in [0.5, 0.6) is 0 Å². The monoisotopic (exact) mass is 860 g/mol. The van der Waals surface area contributed by atoms with Crippen LogP contribution in [0.1, 0.15) is 50.7 Å². The fourth-order valence-electron chi connectivity index (χ4n) is 12.3. The van der Waals surface area contributed by atoms with Gasteiger partial charge in [-0.05, 0) is 152 Å². The van der Waals surface area contributed by atoms with Gasteiger partial charge in [-0.3, -0.25) is 0 Å². The predicted molar refractivity (Wildman–Crippen MR) is 283 cm³/mol. The zero-order valence-corrected chi connectivity index (χ0v) is 38.2. The minimum Gasteiger partial charge on any atom is -0.310 e. The van der Waals surface area contributed by atoms with Crippen LogP contribution in [0, 0.1) is 11.8 Å². The molecule has 3 unspecified atom stereocenters. The number of nitrogens with zero attached hydrogens (tertiary/aromatic N) is 2. The molecule has 0 radical (unpaired) electrons. The Morgan fingerprint density at radius 1 is 0.463 bits per heavy atom. The molecule has 0 bridgehead atoms. The molecular formula is C65H52N2. The summed E-state index contributed by atoms with van der Waals surface area (Å²) in [5.41, 5.74) is 22.3. The van der Waals surface area contributed by atoms with E-state index in [1.807, 2.05) is 0 Å². The van der Waals surface area contributed by atoms with Crippen molar-refractivity contribution in [2.75, 3.05) is 4.90 Å². The largest absolute Gasteiger partial charge is 0.310 e. The van der Waals surface area contributed by atoms with E-state index in [-0.39, 0.29) is 5.41 Å².